The number of halogens is 2. The fraction of sp³-hybridized carbons (Fsp3) is 0.176. The minimum atomic E-state index is -0.927. The molecule has 5 nitrogen and oxygen atoms in total. The molecule has 0 saturated heterocycles. The van der Waals surface area contributed by atoms with Gasteiger partial charge in [-0.1, -0.05) is 35.3 Å². The number of esters is 1. The first-order chi connectivity index (χ1) is 11.4. The van der Waals surface area contributed by atoms with E-state index >= 15 is 0 Å². The van der Waals surface area contributed by atoms with Crippen molar-refractivity contribution in [2.75, 3.05) is 7.11 Å². The quantitative estimate of drug-likeness (QED) is 0.795. The van der Waals surface area contributed by atoms with E-state index in [4.69, 9.17) is 27.9 Å². The van der Waals surface area contributed by atoms with Crippen molar-refractivity contribution in [2.45, 2.75) is 12.5 Å². The molecule has 0 unspecified atom stereocenters. The number of benzene rings is 2. The number of phenolic OH excluding ortho intramolecular Hbond substituents is 1. The van der Waals surface area contributed by atoms with Crippen LogP contribution in [0.1, 0.15) is 15.9 Å². The number of methoxy groups -OCH3 is 1. The maximum Gasteiger partial charge on any atom is 0.328 e. The van der Waals surface area contributed by atoms with Crippen LogP contribution in [0.2, 0.25) is 10.0 Å². The van der Waals surface area contributed by atoms with E-state index in [0.29, 0.717) is 15.6 Å². The SMILES string of the molecule is COC(=O)[C@H](Cc1ccc(Cl)cc1Cl)NC(=O)c1cccc(O)c1. The fourth-order valence-electron chi connectivity index (χ4n) is 2.13. The number of phenols is 1. The second-order valence-corrected chi connectivity index (χ2v) is 5.88. The van der Waals surface area contributed by atoms with E-state index < -0.39 is 17.9 Å². The van der Waals surface area contributed by atoms with Gasteiger partial charge in [0.15, 0.2) is 0 Å². The molecule has 0 aromatic heterocycles. The number of ether oxygens (including phenoxy) is 1. The number of rotatable bonds is 5. The van der Waals surface area contributed by atoms with Gasteiger partial charge in [0, 0.05) is 22.0 Å². The standard InChI is InChI=1S/C17H15Cl2NO4/c1-24-17(23)15(8-10-5-6-12(18)9-14(10)19)20-16(22)11-3-2-4-13(21)7-11/h2-7,9,15,21H,8H2,1H3,(H,20,22)/t15-/m0/s1. The summed E-state index contributed by atoms with van der Waals surface area (Å²) in [4.78, 5) is 24.2. The van der Waals surface area contributed by atoms with Gasteiger partial charge in [0.25, 0.3) is 5.91 Å². The smallest absolute Gasteiger partial charge is 0.328 e. The van der Waals surface area contributed by atoms with E-state index in [9.17, 15) is 14.7 Å². The van der Waals surface area contributed by atoms with Gasteiger partial charge in [0.05, 0.1) is 7.11 Å². The molecule has 24 heavy (non-hydrogen) atoms. The molecule has 0 fully saturated rings. The Balaban J connectivity index is 2.19. The highest BCUT2D eigenvalue weighted by Crippen LogP contribution is 2.22. The summed E-state index contributed by atoms with van der Waals surface area (Å²) < 4.78 is 4.74. The first kappa shape index (κ1) is 18.1. The van der Waals surface area contributed by atoms with E-state index in [1.54, 1.807) is 18.2 Å². The molecule has 1 atom stereocenters. The van der Waals surface area contributed by atoms with Crippen LogP contribution in [-0.2, 0) is 16.0 Å². The normalized spacial score (nSPS) is 11.6. The average molecular weight is 368 g/mol. The summed E-state index contributed by atoms with van der Waals surface area (Å²) in [6.07, 6.45) is 0.146. The van der Waals surface area contributed by atoms with Gasteiger partial charge in [-0.05, 0) is 35.9 Å². The summed E-state index contributed by atoms with van der Waals surface area (Å²) in [6.45, 7) is 0. The number of carbonyl (C=O) groups excluding carboxylic acids is 2. The van der Waals surface area contributed by atoms with E-state index in [-0.39, 0.29) is 17.7 Å². The highest BCUT2D eigenvalue weighted by atomic mass is 35.5. The Labute approximate surface area is 149 Å². The molecule has 2 N–H and O–H groups in total. The van der Waals surface area contributed by atoms with Crippen LogP contribution < -0.4 is 5.32 Å². The van der Waals surface area contributed by atoms with Crippen molar-refractivity contribution in [2.24, 2.45) is 0 Å². The van der Waals surface area contributed by atoms with Crippen molar-refractivity contribution in [3.8, 4) is 5.75 Å². The lowest BCUT2D eigenvalue weighted by atomic mass is 10.1. The molecule has 0 aliphatic rings. The molecule has 2 aromatic carbocycles. The van der Waals surface area contributed by atoms with Gasteiger partial charge in [0.2, 0.25) is 0 Å². The Morgan fingerprint density at radius 2 is 1.96 bits per heavy atom. The monoisotopic (exact) mass is 367 g/mol. The lowest BCUT2D eigenvalue weighted by molar-refractivity contribution is -0.142. The zero-order valence-electron chi connectivity index (χ0n) is 12.8. The lowest BCUT2D eigenvalue weighted by Crippen LogP contribution is -2.43. The minimum Gasteiger partial charge on any atom is -0.508 e. The highest BCUT2D eigenvalue weighted by molar-refractivity contribution is 6.35. The maximum atomic E-state index is 12.3. The van der Waals surface area contributed by atoms with Crippen LogP contribution in [0.25, 0.3) is 0 Å². The van der Waals surface area contributed by atoms with Crippen LogP contribution >= 0.6 is 23.2 Å². The third-order valence-corrected chi connectivity index (χ3v) is 3.93. The lowest BCUT2D eigenvalue weighted by Gasteiger charge is -2.17. The molecule has 0 saturated carbocycles. The van der Waals surface area contributed by atoms with E-state index in [1.807, 2.05) is 0 Å². The molecule has 2 rings (SSSR count). The zero-order chi connectivity index (χ0) is 17.7. The second kappa shape index (κ2) is 8.04. The summed E-state index contributed by atoms with van der Waals surface area (Å²) in [5.74, 6) is -1.15. The van der Waals surface area contributed by atoms with Crippen LogP contribution in [0.3, 0.4) is 0 Å². The predicted molar refractivity (Wildman–Crippen MR) is 91.5 cm³/mol. The minimum absolute atomic E-state index is 0.0435. The Bertz CT molecular complexity index is 764. The topological polar surface area (TPSA) is 75.6 Å². The van der Waals surface area contributed by atoms with Crippen molar-refractivity contribution >= 4 is 35.1 Å². The summed E-state index contributed by atoms with van der Waals surface area (Å²) in [5, 5.41) is 12.9. The third-order valence-electron chi connectivity index (χ3n) is 3.34. The molecule has 0 spiro atoms. The molecule has 1 amide bonds. The van der Waals surface area contributed by atoms with Crippen molar-refractivity contribution in [3.63, 3.8) is 0 Å². The van der Waals surface area contributed by atoms with Crippen LogP contribution in [0.15, 0.2) is 42.5 Å². The molecule has 0 bridgehead atoms. The number of amides is 1. The zero-order valence-corrected chi connectivity index (χ0v) is 14.3. The van der Waals surface area contributed by atoms with Crippen LogP contribution in [0, 0.1) is 0 Å². The number of nitrogens with one attached hydrogen (secondary N) is 1. The summed E-state index contributed by atoms with van der Waals surface area (Å²) in [7, 11) is 1.24. The largest absolute Gasteiger partial charge is 0.508 e. The van der Waals surface area contributed by atoms with Crippen LogP contribution in [0.4, 0.5) is 0 Å². The Hall–Kier alpha value is -2.24. The summed E-state index contributed by atoms with van der Waals surface area (Å²) in [6, 6.07) is 9.77. The van der Waals surface area contributed by atoms with Gasteiger partial charge >= 0.3 is 5.97 Å². The number of carbonyl (C=O) groups is 2. The highest BCUT2D eigenvalue weighted by Gasteiger charge is 2.23. The number of hydrogen-bond acceptors (Lipinski definition) is 4. The van der Waals surface area contributed by atoms with Crippen molar-refractivity contribution in [1.29, 1.82) is 0 Å². The van der Waals surface area contributed by atoms with E-state index in [0.717, 1.165) is 0 Å². The first-order valence-corrected chi connectivity index (χ1v) is 7.78. The van der Waals surface area contributed by atoms with Crippen molar-refractivity contribution in [3.05, 3.63) is 63.6 Å². The van der Waals surface area contributed by atoms with Gasteiger partial charge < -0.3 is 15.2 Å². The van der Waals surface area contributed by atoms with E-state index in [1.165, 1.54) is 31.4 Å². The second-order valence-electron chi connectivity index (χ2n) is 5.04. The van der Waals surface area contributed by atoms with Gasteiger partial charge in [-0.2, -0.15) is 0 Å². The van der Waals surface area contributed by atoms with Crippen molar-refractivity contribution < 1.29 is 19.4 Å². The van der Waals surface area contributed by atoms with E-state index in [2.05, 4.69) is 5.32 Å². The third kappa shape index (κ3) is 4.63. The molecular formula is C17H15Cl2NO4. The Morgan fingerprint density at radius 3 is 2.58 bits per heavy atom. The maximum absolute atomic E-state index is 12.3. The molecular weight excluding hydrogens is 353 g/mol. The Kier molecular flexibility index (Phi) is 6.06. The summed E-state index contributed by atoms with van der Waals surface area (Å²) in [5.41, 5.74) is 0.874. The Morgan fingerprint density at radius 1 is 1.21 bits per heavy atom. The fourth-order valence-corrected chi connectivity index (χ4v) is 2.62. The van der Waals surface area contributed by atoms with Gasteiger partial charge in [0.1, 0.15) is 11.8 Å². The molecule has 2 aromatic rings. The van der Waals surface area contributed by atoms with Crippen LogP contribution in [-0.4, -0.2) is 30.1 Å². The van der Waals surface area contributed by atoms with Gasteiger partial charge in [-0.15, -0.1) is 0 Å². The molecule has 126 valence electrons. The molecule has 0 aliphatic carbocycles. The number of aromatic hydroxyl groups is 1. The first-order valence-electron chi connectivity index (χ1n) is 7.02. The average Bonchev–Trinajstić information content (AvgIpc) is 2.55. The van der Waals surface area contributed by atoms with Crippen LogP contribution in [0.5, 0.6) is 5.75 Å². The predicted octanol–water partition coefficient (Wildman–Crippen LogP) is 3.21. The van der Waals surface area contributed by atoms with Crippen molar-refractivity contribution in [1.82, 2.24) is 5.32 Å². The summed E-state index contributed by atoms with van der Waals surface area (Å²) >= 11 is 12.0. The molecule has 7 heteroatoms. The molecule has 0 radical (unpaired) electrons. The van der Waals surface area contributed by atoms with Gasteiger partial charge in [-0.3, -0.25) is 4.79 Å². The molecule has 0 aliphatic heterocycles. The van der Waals surface area contributed by atoms with Gasteiger partial charge in [-0.25, -0.2) is 4.79 Å². The number of hydrogen-bond donors (Lipinski definition) is 2. The molecule has 0 heterocycles.